The maximum absolute atomic E-state index is 13.4. The maximum Gasteiger partial charge on any atom is 0.168 e. The lowest BCUT2D eigenvalue weighted by Crippen LogP contribution is -2.05. The third kappa shape index (κ3) is 3.35. The van der Waals surface area contributed by atoms with Crippen molar-refractivity contribution in [2.45, 2.75) is 6.42 Å². The van der Waals surface area contributed by atoms with Crippen LogP contribution in [0.15, 0.2) is 40.9 Å². The van der Waals surface area contributed by atoms with E-state index in [2.05, 4.69) is 15.9 Å². The Bertz CT molecular complexity index is 643. The van der Waals surface area contributed by atoms with Gasteiger partial charge >= 0.3 is 0 Å². The van der Waals surface area contributed by atoms with Crippen LogP contribution in [-0.4, -0.2) is 5.78 Å². The summed E-state index contributed by atoms with van der Waals surface area (Å²) in [7, 11) is 0. The Morgan fingerprint density at radius 2 is 1.95 bits per heavy atom. The highest BCUT2D eigenvalue weighted by molar-refractivity contribution is 9.10. The van der Waals surface area contributed by atoms with Gasteiger partial charge in [0.2, 0.25) is 0 Å². The number of Topliss-reactive ketones (excluding diaryl/α,β-unsaturated/α-hetero) is 1. The van der Waals surface area contributed by atoms with Crippen molar-refractivity contribution >= 4 is 44.9 Å². The van der Waals surface area contributed by atoms with Crippen LogP contribution in [0.3, 0.4) is 0 Å². The van der Waals surface area contributed by atoms with Gasteiger partial charge in [0.25, 0.3) is 0 Å². The van der Waals surface area contributed by atoms with Crippen LogP contribution < -0.4 is 0 Å². The largest absolute Gasteiger partial charge is 0.294 e. The Morgan fingerprint density at radius 3 is 2.63 bits per heavy atom. The van der Waals surface area contributed by atoms with Gasteiger partial charge in [0.15, 0.2) is 5.78 Å². The molecule has 5 heteroatoms. The fourth-order valence-electron chi connectivity index (χ4n) is 1.67. The fraction of sp³-hybridized carbons (Fsp3) is 0.0714. The lowest BCUT2D eigenvalue weighted by atomic mass is 10.0. The van der Waals surface area contributed by atoms with Gasteiger partial charge in [-0.15, -0.1) is 0 Å². The molecule has 2 rings (SSSR count). The molecular formula is C14H8BrCl2FO. The molecule has 0 radical (unpaired) electrons. The molecule has 2 aromatic carbocycles. The second-order valence-corrected chi connectivity index (χ2v) is 5.57. The smallest absolute Gasteiger partial charge is 0.168 e. The third-order valence-electron chi connectivity index (χ3n) is 2.61. The molecule has 0 aliphatic heterocycles. The molecule has 0 saturated carbocycles. The lowest BCUT2D eigenvalue weighted by Gasteiger charge is -2.06. The minimum absolute atomic E-state index is 0.0691. The van der Waals surface area contributed by atoms with E-state index in [4.69, 9.17) is 23.2 Å². The van der Waals surface area contributed by atoms with Crippen LogP contribution in [-0.2, 0) is 6.42 Å². The van der Waals surface area contributed by atoms with E-state index in [1.807, 2.05) is 0 Å². The second kappa shape index (κ2) is 6.04. The van der Waals surface area contributed by atoms with E-state index in [0.717, 1.165) is 0 Å². The van der Waals surface area contributed by atoms with E-state index in [-0.39, 0.29) is 12.2 Å². The third-order valence-corrected chi connectivity index (χ3v) is 4.05. The van der Waals surface area contributed by atoms with Gasteiger partial charge in [-0.3, -0.25) is 4.79 Å². The van der Waals surface area contributed by atoms with E-state index >= 15 is 0 Å². The number of hydrogen-bond donors (Lipinski definition) is 0. The van der Waals surface area contributed by atoms with Crippen molar-refractivity contribution < 1.29 is 9.18 Å². The number of carbonyl (C=O) groups excluding carboxylic acids is 1. The summed E-state index contributed by atoms with van der Waals surface area (Å²) >= 11 is 14.9. The highest BCUT2D eigenvalue weighted by Gasteiger charge is 2.14. The molecule has 98 valence electrons. The molecule has 1 nitrogen and oxygen atoms in total. The number of hydrogen-bond acceptors (Lipinski definition) is 1. The number of carbonyl (C=O) groups is 1. The topological polar surface area (TPSA) is 17.1 Å². The van der Waals surface area contributed by atoms with Crippen LogP contribution in [0.5, 0.6) is 0 Å². The predicted molar refractivity (Wildman–Crippen MR) is 78.6 cm³/mol. The summed E-state index contributed by atoms with van der Waals surface area (Å²) < 4.78 is 13.7. The monoisotopic (exact) mass is 360 g/mol. The van der Waals surface area contributed by atoms with Crippen LogP contribution in [0.2, 0.25) is 10.0 Å². The summed E-state index contributed by atoms with van der Waals surface area (Å²) in [4.78, 5) is 12.1. The average molecular weight is 362 g/mol. The molecule has 0 bridgehead atoms. The maximum atomic E-state index is 13.4. The molecule has 0 amide bonds. The number of rotatable bonds is 3. The van der Waals surface area contributed by atoms with Crippen molar-refractivity contribution in [3.63, 3.8) is 0 Å². The van der Waals surface area contributed by atoms with Gasteiger partial charge in [-0.25, -0.2) is 4.39 Å². The Balaban J connectivity index is 2.28. The number of halogens is 4. The SMILES string of the molecule is O=C(Cc1cccc(F)c1Br)c1ccc(Cl)cc1Cl. The molecule has 0 aliphatic carbocycles. The summed E-state index contributed by atoms with van der Waals surface area (Å²) in [5, 5.41) is 0.763. The summed E-state index contributed by atoms with van der Waals surface area (Å²) in [5.41, 5.74) is 0.957. The lowest BCUT2D eigenvalue weighted by molar-refractivity contribution is 0.0993. The van der Waals surface area contributed by atoms with E-state index in [1.54, 1.807) is 24.3 Å². The summed E-state index contributed by atoms with van der Waals surface area (Å²) in [6, 6.07) is 9.26. The minimum atomic E-state index is -0.396. The summed E-state index contributed by atoms with van der Waals surface area (Å²) in [5.74, 6) is -0.583. The van der Waals surface area contributed by atoms with E-state index in [0.29, 0.717) is 25.6 Å². The van der Waals surface area contributed by atoms with Crippen molar-refractivity contribution in [3.05, 3.63) is 67.9 Å². The molecule has 0 atom stereocenters. The quantitative estimate of drug-likeness (QED) is 0.676. The van der Waals surface area contributed by atoms with Gasteiger partial charge in [-0.2, -0.15) is 0 Å². The minimum Gasteiger partial charge on any atom is -0.294 e. The van der Waals surface area contributed by atoms with Gasteiger partial charge < -0.3 is 0 Å². The van der Waals surface area contributed by atoms with Gasteiger partial charge in [0, 0.05) is 17.0 Å². The van der Waals surface area contributed by atoms with Crippen molar-refractivity contribution in [2.24, 2.45) is 0 Å². The normalized spacial score (nSPS) is 10.5. The molecule has 19 heavy (non-hydrogen) atoms. The Labute approximate surface area is 128 Å². The first-order valence-electron chi connectivity index (χ1n) is 5.40. The first-order valence-corrected chi connectivity index (χ1v) is 6.95. The molecule has 0 spiro atoms. The Morgan fingerprint density at radius 1 is 1.21 bits per heavy atom. The Hall–Kier alpha value is -0.900. The van der Waals surface area contributed by atoms with Crippen LogP contribution >= 0.6 is 39.1 Å². The van der Waals surface area contributed by atoms with E-state index < -0.39 is 5.82 Å². The Kier molecular flexibility index (Phi) is 4.61. The van der Waals surface area contributed by atoms with Gasteiger partial charge in [-0.05, 0) is 45.8 Å². The van der Waals surface area contributed by atoms with Crippen molar-refractivity contribution in [1.82, 2.24) is 0 Å². The van der Waals surface area contributed by atoms with Crippen LogP contribution in [0, 0.1) is 5.82 Å². The van der Waals surface area contributed by atoms with Crippen LogP contribution in [0.4, 0.5) is 4.39 Å². The number of ketones is 1. The van der Waals surface area contributed by atoms with Crippen molar-refractivity contribution in [1.29, 1.82) is 0 Å². The van der Waals surface area contributed by atoms with Crippen molar-refractivity contribution in [3.8, 4) is 0 Å². The summed E-state index contributed by atoms with van der Waals surface area (Å²) in [6.45, 7) is 0. The molecule has 0 fully saturated rings. The predicted octanol–water partition coefficient (Wildman–Crippen LogP) is 5.32. The zero-order valence-electron chi connectivity index (χ0n) is 9.59. The molecule has 0 saturated heterocycles. The molecule has 2 aromatic rings. The highest BCUT2D eigenvalue weighted by atomic mass is 79.9. The molecule has 0 aliphatic rings. The molecular weight excluding hydrogens is 354 g/mol. The first-order chi connectivity index (χ1) is 8.99. The van der Waals surface area contributed by atoms with Gasteiger partial charge in [0.1, 0.15) is 5.82 Å². The molecule has 0 N–H and O–H groups in total. The average Bonchev–Trinajstić information content (AvgIpc) is 2.34. The molecule has 0 heterocycles. The highest BCUT2D eigenvalue weighted by Crippen LogP contribution is 2.25. The van der Waals surface area contributed by atoms with Crippen LogP contribution in [0.1, 0.15) is 15.9 Å². The standard InChI is InChI=1S/C14H8BrCl2FO/c15-14-8(2-1-3-12(14)18)6-13(19)10-5-4-9(16)7-11(10)17/h1-5,7H,6H2. The summed E-state index contributed by atoms with van der Waals surface area (Å²) in [6.07, 6.45) is 0.0691. The molecule has 0 aromatic heterocycles. The fourth-order valence-corrected chi connectivity index (χ4v) is 2.59. The van der Waals surface area contributed by atoms with E-state index in [9.17, 15) is 9.18 Å². The van der Waals surface area contributed by atoms with Crippen molar-refractivity contribution in [2.75, 3.05) is 0 Å². The molecule has 0 unspecified atom stereocenters. The zero-order chi connectivity index (χ0) is 14.0. The zero-order valence-corrected chi connectivity index (χ0v) is 12.7. The second-order valence-electron chi connectivity index (χ2n) is 3.94. The van der Waals surface area contributed by atoms with Crippen LogP contribution in [0.25, 0.3) is 0 Å². The van der Waals surface area contributed by atoms with E-state index in [1.165, 1.54) is 12.1 Å². The van der Waals surface area contributed by atoms with Gasteiger partial charge in [-0.1, -0.05) is 35.3 Å². The van der Waals surface area contributed by atoms with Gasteiger partial charge in [0.05, 0.1) is 9.50 Å². The first kappa shape index (κ1) is 14.5. The number of benzene rings is 2.